The minimum Gasteiger partial charge on any atom is -0.384 e. The molecule has 1 heterocycles. The zero-order valence-corrected chi connectivity index (χ0v) is 11.4. The zero-order valence-electron chi connectivity index (χ0n) is 11.4. The number of rotatable bonds is 1. The molecule has 1 aliphatic heterocycles. The van der Waals surface area contributed by atoms with Crippen molar-refractivity contribution in [3.05, 3.63) is 34.9 Å². The lowest BCUT2D eigenvalue weighted by Gasteiger charge is -2.22. The van der Waals surface area contributed by atoms with E-state index in [0.29, 0.717) is 6.04 Å². The van der Waals surface area contributed by atoms with E-state index < -0.39 is 0 Å². The summed E-state index contributed by atoms with van der Waals surface area (Å²) in [7, 11) is 0. The second-order valence-corrected chi connectivity index (χ2v) is 4.98. The van der Waals surface area contributed by atoms with Gasteiger partial charge >= 0.3 is 0 Å². The molecular weight excluding hydrogens is 238 g/mol. The number of amides is 1. The summed E-state index contributed by atoms with van der Waals surface area (Å²) in [4.78, 5) is 14.5. The summed E-state index contributed by atoms with van der Waals surface area (Å²) in [6.45, 7) is 4.71. The van der Waals surface area contributed by atoms with E-state index in [9.17, 15) is 4.79 Å². The van der Waals surface area contributed by atoms with Crippen LogP contribution in [0.2, 0.25) is 0 Å². The topological polar surface area (TPSA) is 40.5 Å². The third-order valence-corrected chi connectivity index (χ3v) is 3.59. The molecule has 0 saturated carbocycles. The molecule has 3 nitrogen and oxygen atoms in total. The molecule has 1 fully saturated rings. The molecule has 3 heteroatoms. The molecule has 1 aliphatic rings. The standard InChI is InChI=1S/C16H19NO2/c1-12-7-8-14(6-4-10-18)11-15(12)16(19)17-9-3-5-13(17)2/h7-8,11,13,18H,3,5,9-10H2,1-2H3. The number of aliphatic hydroxyl groups is 1. The molecule has 1 atom stereocenters. The summed E-state index contributed by atoms with van der Waals surface area (Å²) in [6.07, 6.45) is 2.16. The van der Waals surface area contributed by atoms with Gasteiger partial charge in [-0.2, -0.15) is 0 Å². The van der Waals surface area contributed by atoms with Crippen LogP contribution in [0.1, 0.15) is 41.3 Å². The van der Waals surface area contributed by atoms with Crippen molar-refractivity contribution in [2.24, 2.45) is 0 Å². The summed E-state index contributed by atoms with van der Waals surface area (Å²) < 4.78 is 0. The van der Waals surface area contributed by atoms with Gasteiger partial charge in [0, 0.05) is 23.7 Å². The number of likely N-dealkylation sites (tertiary alicyclic amines) is 1. The molecule has 0 radical (unpaired) electrons. The van der Waals surface area contributed by atoms with E-state index >= 15 is 0 Å². The van der Waals surface area contributed by atoms with Crippen molar-refractivity contribution >= 4 is 5.91 Å². The van der Waals surface area contributed by atoms with E-state index in [1.807, 2.05) is 30.0 Å². The number of carbonyl (C=O) groups is 1. The van der Waals surface area contributed by atoms with Crippen molar-refractivity contribution in [3.8, 4) is 11.8 Å². The normalized spacial score (nSPS) is 18.1. The highest BCUT2D eigenvalue weighted by atomic mass is 16.2. The average Bonchev–Trinajstić information content (AvgIpc) is 2.83. The fourth-order valence-corrected chi connectivity index (χ4v) is 2.46. The first kappa shape index (κ1) is 13.6. The molecule has 19 heavy (non-hydrogen) atoms. The maximum atomic E-state index is 12.5. The number of benzene rings is 1. The molecule has 0 aromatic heterocycles. The Bertz CT molecular complexity index is 539. The van der Waals surface area contributed by atoms with E-state index in [4.69, 9.17) is 5.11 Å². The van der Waals surface area contributed by atoms with Gasteiger partial charge < -0.3 is 10.0 Å². The van der Waals surface area contributed by atoms with Gasteiger partial charge in [-0.15, -0.1) is 0 Å². The van der Waals surface area contributed by atoms with Crippen LogP contribution in [-0.2, 0) is 0 Å². The van der Waals surface area contributed by atoms with Crippen LogP contribution in [0.25, 0.3) is 0 Å². The smallest absolute Gasteiger partial charge is 0.254 e. The summed E-state index contributed by atoms with van der Waals surface area (Å²) in [5.41, 5.74) is 2.46. The van der Waals surface area contributed by atoms with Crippen LogP contribution in [0.3, 0.4) is 0 Å². The lowest BCUT2D eigenvalue weighted by Crippen LogP contribution is -2.34. The monoisotopic (exact) mass is 257 g/mol. The van der Waals surface area contributed by atoms with Crippen molar-refractivity contribution in [2.45, 2.75) is 32.7 Å². The number of hydrogen-bond donors (Lipinski definition) is 1. The molecule has 1 amide bonds. The first-order valence-electron chi connectivity index (χ1n) is 6.65. The van der Waals surface area contributed by atoms with Crippen molar-refractivity contribution in [3.63, 3.8) is 0 Å². The third-order valence-electron chi connectivity index (χ3n) is 3.59. The Hall–Kier alpha value is -1.79. The first-order valence-corrected chi connectivity index (χ1v) is 6.65. The van der Waals surface area contributed by atoms with E-state index in [1.165, 1.54) is 0 Å². The molecule has 1 aromatic carbocycles. The predicted octanol–water partition coefficient (Wildman–Crippen LogP) is 1.96. The highest BCUT2D eigenvalue weighted by Gasteiger charge is 2.26. The maximum Gasteiger partial charge on any atom is 0.254 e. The molecular formula is C16H19NO2. The van der Waals surface area contributed by atoms with Crippen LogP contribution in [0.5, 0.6) is 0 Å². The molecule has 0 spiro atoms. The zero-order chi connectivity index (χ0) is 13.8. The van der Waals surface area contributed by atoms with Gasteiger partial charge in [-0.1, -0.05) is 17.9 Å². The summed E-state index contributed by atoms with van der Waals surface area (Å²) in [6, 6.07) is 5.93. The molecule has 0 aliphatic carbocycles. The SMILES string of the molecule is Cc1ccc(C#CCO)cc1C(=O)N1CCCC1C. The Morgan fingerprint density at radius 2 is 2.32 bits per heavy atom. The van der Waals surface area contributed by atoms with Gasteiger partial charge in [0.15, 0.2) is 0 Å². The van der Waals surface area contributed by atoms with Crippen molar-refractivity contribution in [1.82, 2.24) is 4.90 Å². The lowest BCUT2D eigenvalue weighted by molar-refractivity contribution is 0.0746. The summed E-state index contributed by atoms with van der Waals surface area (Å²) in [5, 5.41) is 8.72. The van der Waals surface area contributed by atoms with Crippen LogP contribution in [0.15, 0.2) is 18.2 Å². The number of nitrogens with zero attached hydrogens (tertiary/aromatic N) is 1. The van der Waals surface area contributed by atoms with Crippen molar-refractivity contribution in [1.29, 1.82) is 0 Å². The molecule has 100 valence electrons. The van der Waals surface area contributed by atoms with Crippen LogP contribution >= 0.6 is 0 Å². The Morgan fingerprint density at radius 3 is 2.95 bits per heavy atom. The van der Waals surface area contributed by atoms with Gasteiger partial charge in [-0.25, -0.2) is 0 Å². The van der Waals surface area contributed by atoms with Crippen molar-refractivity contribution in [2.75, 3.05) is 13.2 Å². The van der Waals surface area contributed by atoms with Crippen LogP contribution in [-0.4, -0.2) is 35.1 Å². The molecule has 2 rings (SSSR count). The number of hydrogen-bond acceptors (Lipinski definition) is 2. The van der Waals surface area contributed by atoms with Gasteiger partial charge in [0.2, 0.25) is 0 Å². The van der Waals surface area contributed by atoms with Crippen LogP contribution in [0.4, 0.5) is 0 Å². The number of aliphatic hydroxyl groups excluding tert-OH is 1. The van der Waals surface area contributed by atoms with Crippen molar-refractivity contribution < 1.29 is 9.90 Å². The van der Waals surface area contributed by atoms with Crippen LogP contribution < -0.4 is 0 Å². The highest BCUT2D eigenvalue weighted by Crippen LogP contribution is 2.21. The number of carbonyl (C=O) groups excluding carboxylic acids is 1. The molecule has 1 unspecified atom stereocenters. The molecule has 1 saturated heterocycles. The van der Waals surface area contributed by atoms with Gasteiger partial charge in [0.05, 0.1) is 0 Å². The fourth-order valence-electron chi connectivity index (χ4n) is 2.46. The Labute approximate surface area is 114 Å². The minimum absolute atomic E-state index is 0.0927. The third kappa shape index (κ3) is 2.97. The second kappa shape index (κ2) is 5.90. The Kier molecular flexibility index (Phi) is 4.24. The largest absolute Gasteiger partial charge is 0.384 e. The molecule has 0 bridgehead atoms. The minimum atomic E-state index is -0.166. The highest BCUT2D eigenvalue weighted by molar-refractivity contribution is 5.96. The molecule has 1 N–H and O–H groups in total. The number of aryl methyl sites for hydroxylation is 1. The summed E-state index contributed by atoms with van der Waals surface area (Å²) >= 11 is 0. The van der Waals surface area contributed by atoms with E-state index in [1.54, 1.807) is 0 Å². The quantitative estimate of drug-likeness (QED) is 0.781. The second-order valence-electron chi connectivity index (χ2n) is 4.98. The van der Waals surface area contributed by atoms with E-state index in [0.717, 1.165) is 36.1 Å². The Balaban J connectivity index is 2.30. The van der Waals surface area contributed by atoms with Gasteiger partial charge in [-0.3, -0.25) is 4.79 Å². The lowest BCUT2D eigenvalue weighted by atomic mass is 10.0. The van der Waals surface area contributed by atoms with E-state index in [2.05, 4.69) is 18.8 Å². The van der Waals surface area contributed by atoms with Gasteiger partial charge in [-0.05, 0) is 44.4 Å². The van der Waals surface area contributed by atoms with Gasteiger partial charge in [0.25, 0.3) is 5.91 Å². The predicted molar refractivity (Wildman–Crippen MR) is 74.9 cm³/mol. The fraction of sp³-hybridized carbons (Fsp3) is 0.438. The maximum absolute atomic E-state index is 12.5. The van der Waals surface area contributed by atoms with Crippen LogP contribution in [0, 0.1) is 18.8 Å². The van der Waals surface area contributed by atoms with Gasteiger partial charge in [0.1, 0.15) is 6.61 Å². The average molecular weight is 257 g/mol. The summed E-state index contributed by atoms with van der Waals surface area (Å²) in [5.74, 6) is 5.55. The Morgan fingerprint density at radius 1 is 1.53 bits per heavy atom. The first-order chi connectivity index (χ1) is 9.13. The van der Waals surface area contributed by atoms with E-state index in [-0.39, 0.29) is 12.5 Å². The molecule has 1 aromatic rings.